The van der Waals surface area contributed by atoms with Crippen LogP contribution in [0.5, 0.6) is 0 Å². The van der Waals surface area contributed by atoms with Crippen molar-refractivity contribution in [1.29, 1.82) is 0 Å². The number of pyridine rings is 1. The van der Waals surface area contributed by atoms with E-state index in [0.29, 0.717) is 5.82 Å². The molecular weight excluding hydrogens is 252 g/mol. The molecule has 0 amide bonds. The van der Waals surface area contributed by atoms with Gasteiger partial charge in [0.05, 0.1) is 6.07 Å². The van der Waals surface area contributed by atoms with Gasteiger partial charge in [-0.25, -0.2) is 0 Å². The minimum Gasteiger partial charge on any atom is -0.626 e. The van der Waals surface area contributed by atoms with E-state index in [1.54, 1.807) is 18.2 Å². The van der Waals surface area contributed by atoms with Crippen LogP contribution in [-0.4, -0.2) is 17.7 Å². The molecule has 1 aromatic heterocycles. The molecule has 0 N–H and O–H groups in total. The Labute approximate surface area is 119 Å². The quantitative estimate of drug-likeness (QED) is 0.471. The highest BCUT2D eigenvalue weighted by molar-refractivity contribution is 5.40. The standard InChI is InChI=1S/C16H22N2O2/c1-3-10-18(20,11-4-2)16-13-15(19)12-14-8-6-5-7-9-17(14)16/h3-4,12-13H,1-2,5-11H2. The largest absolute Gasteiger partial charge is 0.626 e. The van der Waals surface area contributed by atoms with Crippen molar-refractivity contribution in [2.45, 2.75) is 32.2 Å². The molecule has 0 radical (unpaired) electrons. The molecule has 0 saturated heterocycles. The van der Waals surface area contributed by atoms with Crippen LogP contribution in [0.3, 0.4) is 0 Å². The molecule has 1 aliphatic heterocycles. The van der Waals surface area contributed by atoms with E-state index >= 15 is 0 Å². The van der Waals surface area contributed by atoms with E-state index < -0.39 is 4.65 Å². The van der Waals surface area contributed by atoms with Gasteiger partial charge in [-0.3, -0.25) is 4.79 Å². The molecule has 2 rings (SSSR count). The minimum atomic E-state index is -0.587. The Bertz CT molecular complexity index is 550. The fourth-order valence-electron chi connectivity index (χ4n) is 2.87. The molecule has 1 aliphatic rings. The molecule has 0 spiro atoms. The van der Waals surface area contributed by atoms with Gasteiger partial charge in [-0.1, -0.05) is 19.6 Å². The van der Waals surface area contributed by atoms with Crippen LogP contribution in [0.1, 0.15) is 25.0 Å². The number of hydrogen-bond donors (Lipinski definition) is 0. The highest BCUT2D eigenvalue weighted by Crippen LogP contribution is 2.26. The van der Waals surface area contributed by atoms with E-state index in [1.807, 2.05) is 4.57 Å². The van der Waals surface area contributed by atoms with Gasteiger partial charge < -0.3 is 14.4 Å². The van der Waals surface area contributed by atoms with Gasteiger partial charge in [-0.15, -0.1) is 0 Å². The number of fused-ring (bicyclic) bond motifs is 1. The number of hydrogen-bond acceptors (Lipinski definition) is 2. The number of nitrogens with zero attached hydrogens (tertiary/aromatic N) is 2. The molecule has 0 bridgehead atoms. The third-order valence-electron chi connectivity index (χ3n) is 3.78. The lowest BCUT2D eigenvalue weighted by molar-refractivity contribution is 0.411. The van der Waals surface area contributed by atoms with E-state index in [9.17, 15) is 10.0 Å². The molecule has 108 valence electrons. The predicted octanol–water partition coefficient (Wildman–Crippen LogP) is 2.75. The van der Waals surface area contributed by atoms with E-state index in [4.69, 9.17) is 0 Å². The number of rotatable bonds is 5. The van der Waals surface area contributed by atoms with E-state index in [2.05, 4.69) is 13.2 Å². The Balaban J connectivity index is 2.59. The van der Waals surface area contributed by atoms with E-state index in [0.717, 1.165) is 37.9 Å². The van der Waals surface area contributed by atoms with Crippen LogP contribution in [0.15, 0.2) is 42.2 Å². The molecule has 0 unspecified atom stereocenters. The van der Waals surface area contributed by atoms with Gasteiger partial charge in [-0.2, -0.15) is 0 Å². The summed E-state index contributed by atoms with van der Waals surface area (Å²) in [6.07, 6.45) is 7.34. The molecule has 4 nitrogen and oxygen atoms in total. The van der Waals surface area contributed by atoms with Crippen molar-refractivity contribution >= 4 is 5.82 Å². The average Bonchev–Trinajstić information content (AvgIpc) is 2.63. The maximum absolute atomic E-state index is 13.1. The van der Waals surface area contributed by atoms with Gasteiger partial charge >= 0.3 is 0 Å². The second-order valence-corrected chi connectivity index (χ2v) is 5.33. The summed E-state index contributed by atoms with van der Waals surface area (Å²) >= 11 is 0. The van der Waals surface area contributed by atoms with Crippen LogP contribution < -0.4 is 10.1 Å². The summed E-state index contributed by atoms with van der Waals surface area (Å²) in [5.41, 5.74) is 0.899. The average molecular weight is 274 g/mol. The van der Waals surface area contributed by atoms with Gasteiger partial charge in [0.15, 0.2) is 5.43 Å². The number of aryl methyl sites for hydroxylation is 1. The van der Waals surface area contributed by atoms with Gasteiger partial charge in [0.1, 0.15) is 13.1 Å². The molecule has 0 aliphatic carbocycles. The molecule has 4 heteroatoms. The molecule has 1 aromatic rings. The minimum absolute atomic E-state index is 0.0837. The van der Waals surface area contributed by atoms with Crippen molar-refractivity contribution < 1.29 is 0 Å². The maximum Gasteiger partial charge on any atom is 0.212 e. The summed E-state index contributed by atoms with van der Waals surface area (Å²) in [7, 11) is 0. The third-order valence-corrected chi connectivity index (χ3v) is 3.78. The molecule has 0 aromatic carbocycles. The molecule has 2 heterocycles. The van der Waals surface area contributed by atoms with Crippen molar-refractivity contribution in [1.82, 2.24) is 9.21 Å². The lowest BCUT2D eigenvalue weighted by Gasteiger charge is -2.41. The first-order chi connectivity index (χ1) is 9.60. The monoisotopic (exact) mass is 274 g/mol. The van der Waals surface area contributed by atoms with E-state index in [-0.39, 0.29) is 18.5 Å². The summed E-state index contributed by atoms with van der Waals surface area (Å²) in [6, 6.07) is 3.15. The zero-order valence-corrected chi connectivity index (χ0v) is 11.9. The Morgan fingerprint density at radius 3 is 2.55 bits per heavy atom. The first kappa shape index (κ1) is 14.8. The van der Waals surface area contributed by atoms with Crippen LogP contribution in [-0.2, 0) is 13.0 Å². The molecule has 0 fully saturated rings. The van der Waals surface area contributed by atoms with E-state index in [1.165, 1.54) is 6.07 Å². The normalized spacial score (nSPS) is 15.2. The summed E-state index contributed by atoms with van der Waals surface area (Å²) in [5.74, 6) is 0.536. The van der Waals surface area contributed by atoms with Crippen molar-refractivity contribution in [2.24, 2.45) is 0 Å². The first-order valence-electron chi connectivity index (χ1n) is 7.15. The van der Waals surface area contributed by atoms with Crippen molar-refractivity contribution in [3.05, 3.63) is 58.6 Å². The molecule has 20 heavy (non-hydrogen) atoms. The molecular formula is C16H22N2O2. The lowest BCUT2D eigenvalue weighted by atomic mass is 10.2. The van der Waals surface area contributed by atoms with Crippen molar-refractivity contribution in [3.63, 3.8) is 0 Å². The summed E-state index contributed by atoms with van der Waals surface area (Å²) in [6.45, 7) is 8.64. The van der Waals surface area contributed by atoms with Crippen LogP contribution in [0.2, 0.25) is 0 Å². The van der Waals surface area contributed by atoms with Crippen LogP contribution in [0, 0.1) is 5.21 Å². The highest BCUT2D eigenvalue weighted by atomic mass is 16.5. The Morgan fingerprint density at radius 2 is 1.90 bits per heavy atom. The van der Waals surface area contributed by atoms with Crippen LogP contribution >= 0.6 is 0 Å². The third kappa shape index (κ3) is 2.92. The summed E-state index contributed by atoms with van der Waals surface area (Å²) in [4.78, 5) is 11.9. The van der Waals surface area contributed by atoms with Gasteiger partial charge in [0, 0.05) is 18.3 Å². The second-order valence-electron chi connectivity index (χ2n) is 5.33. The fourth-order valence-corrected chi connectivity index (χ4v) is 2.87. The Hall–Kier alpha value is -1.65. The van der Waals surface area contributed by atoms with Gasteiger partial charge in [0.25, 0.3) is 0 Å². The number of aromatic nitrogens is 1. The predicted molar refractivity (Wildman–Crippen MR) is 83.5 cm³/mol. The SMILES string of the molecule is C=CC[N+]([O-])(CC=C)c1cc(=O)cc2n1CCCCC2. The fraction of sp³-hybridized carbons (Fsp3) is 0.438. The zero-order chi connectivity index (χ0) is 14.6. The maximum atomic E-state index is 13.1. The second kappa shape index (κ2) is 6.20. The smallest absolute Gasteiger partial charge is 0.212 e. The highest BCUT2D eigenvalue weighted by Gasteiger charge is 2.24. The molecule has 0 atom stereocenters. The number of quaternary nitrogens is 1. The van der Waals surface area contributed by atoms with Gasteiger partial charge in [0.2, 0.25) is 5.82 Å². The van der Waals surface area contributed by atoms with Crippen molar-refractivity contribution in [3.8, 4) is 0 Å². The zero-order valence-electron chi connectivity index (χ0n) is 11.9. The van der Waals surface area contributed by atoms with Gasteiger partial charge in [-0.05, 0) is 31.4 Å². The lowest BCUT2D eigenvalue weighted by Crippen LogP contribution is -2.46. The Kier molecular flexibility index (Phi) is 4.57. The van der Waals surface area contributed by atoms with Crippen LogP contribution in [0.4, 0.5) is 5.82 Å². The van der Waals surface area contributed by atoms with Crippen molar-refractivity contribution in [2.75, 3.05) is 13.1 Å². The number of hydroxylamine groups is 2. The molecule has 0 saturated carbocycles. The topological polar surface area (TPSA) is 45.1 Å². The summed E-state index contributed by atoms with van der Waals surface area (Å²) in [5, 5.41) is 13.1. The summed E-state index contributed by atoms with van der Waals surface area (Å²) < 4.78 is 1.45. The Morgan fingerprint density at radius 1 is 1.20 bits per heavy atom. The van der Waals surface area contributed by atoms with Crippen LogP contribution in [0.25, 0.3) is 0 Å². The first-order valence-corrected chi connectivity index (χ1v) is 7.15.